The van der Waals surface area contributed by atoms with Gasteiger partial charge in [0.15, 0.2) is 11.9 Å². The zero-order valence-corrected chi connectivity index (χ0v) is 12.8. The van der Waals surface area contributed by atoms with Crippen molar-refractivity contribution in [3.05, 3.63) is 10.4 Å². The maximum Gasteiger partial charge on any atom is 0.338 e. The average Bonchev–Trinajstić information content (AvgIpc) is 2.77. The molecular weight excluding hydrogens is 298 g/mol. The molecule has 1 rings (SSSR count). The molecule has 0 aromatic carbocycles. The van der Waals surface area contributed by atoms with E-state index in [1.54, 1.807) is 13.8 Å². The SMILES string of the molecule is COC(=O)[C@H]1OC(C)(C)O[C@H]1[C@H](OC(C)=O)[C@H](CO)N=[N+]=[N-]. The molecule has 1 fully saturated rings. The van der Waals surface area contributed by atoms with E-state index in [1.165, 1.54) is 7.11 Å². The summed E-state index contributed by atoms with van der Waals surface area (Å²) in [4.78, 5) is 25.7. The molecule has 0 spiro atoms. The van der Waals surface area contributed by atoms with Gasteiger partial charge in [-0.15, -0.1) is 0 Å². The summed E-state index contributed by atoms with van der Waals surface area (Å²) in [7, 11) is 1.17. The predicted molar refractivity (Wildman–Crippen MR) is 71.4 cm³/mol. The van der Waals surface area contributed by atoms with Gasteiger partial charge in [-0.2, -0.15) is 0 Å². The van der Waals surface area contributed by atoms with Gasteiger partial charge < -0.3 is 24.1 Å². The fourth-order valence-electron chi connectivity index (χ4n) is 2.16. The van der Waals surface area contributed by atoms with Gasteiger partial charge in [0.05, 0.1) is 13.7 Å². The third kappa shape index (κ3) is 4.31. The minimum Gasteiger partial charge on any atom is -0.467 e. The van der Waals surface area contributed by atoms with E-state index in [2.05, 4.69) is 14.8 Å². The lowest BCUT2D eigenvalue weighted by molar-refractivity contribution is -0.174. The van der Waals surface area contributed by atoms with Gasteiger partial charge in [-0.1, -0.05) is 5.11 Å². The molecule has 0 unspecified atom stereocenters. The number of rotatable bonds is 6. The number of esters is 2. The van der Waals surface area contributed by atoms with Crippen molar-refractivity contribution in [2.75, 3.05) is 13.7 Å². The van der Waals surface area contributed by atoms with Crippen molar-refractivity contribution in [3.63, 3.8) is 0 Å². The van der Waals surface area contributed by atoms with E-state index in [-0.39, 0.29) is 0 Å². The molecule has 0 bridgehead atoms. The first-order valence-electron chi connectivity index (χ1n) is 6.51. The first-order valence-corrected chi connectivity index (χ1v) is 6.51. The summed E-state index contributed by atoms with van der Waals surface area (Å²) in [6.45, 7) is 3.67. The number of azide groups is 1. The highest BCUT2D eigenvalue weighted by atomic mass is 16.8. The Morgan fingerprint density at radius 3 is 2.55 bits per heavy atom. The third-order valence-electron chi connectivity index (χ3n) is 2.95. The van der Waals surface area contributed by atoms with Crippen molar-refractivity contribution in [1.82, 2.24) is 0 Å². The molecule has 124 valence electrons. The molecule has 0 amide bonds. The second-order valence-electron chi connectivity index (χ2n) is 5.07. The molecule has 0 aromatic rings. The molecule has 0 radical (unpaired) electrons. The van der Waals surface area contributed by atoms with Crippen LogP contribution >= 0.6 is 0 Å². The Morgan fingerprint density at radius 1 is 1.45 bits per heavy atom. The van der Waals surface area contributed by atoms with Gasteiger partial charge in [-0.3, -0.25) is 4.79 Å². The molecule has 10 nitrogen and oxygen atoms in total. The molecule has 0 saturated carbocycles. The number of hydrogen-bond acceptors (Lipinski definition) is 8. The van der Waals surface area contributed by atoms with Gasteiger partial charge >= 0.3 is 11.9 Å². The van der Waals surface area contributed by atoms with Gasteiger partial charge in [0.2, 0.25) is 0 Å². The van der Waals surface area contributed by atoms with Crippen LogP contribution < -0.4 is 0 Å². The van der Waals surface area contributed by atoms with Crippen molar-refractivity contribution in [1.29, 1.82) is 0 Å². The summed E-state index contributed by atoms with van der Waals surface area (Å²) >= 11 is 0. The lowest BCUT2D eigenvalue weighted by atomic mass is 10.0. The maximum absolute atomic E-state index is 11.8. The minimum absolute atomic E-state index is 0.601. The number of methoxy groups -OCH3 is 1. The van der Waals surface area contributed by atoms with Crippen LogP contribution in [0, 0.1) is 0 Å². The molecule has 0 aliphatic carbocycles. The second kappa shape index (κ2) is 7.41. The van der Waals surface area contributed by atoms with Crippen molar-refractivity contribution in [3.8, 4) is 0 Å². The zero-order chi connectivity index (χ0) is 16.9. The summed E-state index contributed by atoms with van der Waals surface area (Å²) < 4.78 is 20.7. The van der Waals surface area contributed by atoms with Gasteiger partial charge in [0.25, 0.3) is 0 Å². The second-order valence-corrected chi connectivity index (χ2v) is 5.07. The summed E-state index contributed by atoms with van der Waals surface area (Å²) in [5.74, 6) is -2.56. The Labute approximate surface area is 126 Å². The fourth-order valence-corrected chi connectivity index (χ4v) is 2.16. The predicted octanol–water partition coefficient (Wildman–Crippen LogP) is 0.282. The van der Waals surface area contributed by atoms with E-state index in [1.807, 2.05) is 0 Å². The minimum atomic E-state index is -1.20. The smallest absolute Gasteiger partial charge is 0.338 e. The van der Waals surface area contributed by atoms with Crippen LogP contribution in [0.3, 0.4) is 0 Å². The number of carbonyl (C=O) groups is 2. The number of hydrogen-bond donors (Lipinski definition) is 1. The molecular formula is C12H19N3O7. The molecule has 1 N–H and O–H groups in total. The Hall–Kier alpha value is -1.87. The summed E-state index contributed by atoms with van der Waals surface area (Å²) in [6.07, 6.45) is -3.48. The topological polar surface area (TPSA) is 140 Å². The van der Waals surface area contributed by atoms with Crippen molar-refractivity contribution in [2.24, 2.45) is 5.11 Å². The van der Waals surface area contributed by atoms with E-state index in [0.717, 1.165) is 6.92 Å². The van der Waals surface area contributed by atoms with Crippen molar-refractivity contribution >= 4 is 11.9 Å². The Balaban J connectivity index is 3.16. The van der Waals surface area contributed by atoms with Gasteiger partial charge in [0, 0.05) is 11.8 Å². The summed E-state index contributed by atoms with van der Waals surface area (Å²) in [5, 5.41) is 12.7. The lowest BCUT2D eigenvalue weighted by Crippen LogP contribution is -2.49. The molecule has 22 heavy (non-hydrogen) atoms. The molecule has 1 aliphatic rings. The molecule has 1 heterocycles. The van der Waals surface area contributed by atoms with Crippen LogP contribution in [-0.2, 0) is 28.5 Å². The van der Waals surface area contributed by atoms with Crippen molar-refractivity contribution < 1.29 is 33.6 Å². The van der Waals surface area contributed by atoms with Crippen LogP contribution in [-0.4, -0.2) is 60.9 Å². The van der Waals surface area contributed by atoms with Crippen molar-refractivity contribution in [2.45, 2.75) is 50.9 Å². The molecule has 10 heteroatoms. The lowest BCUT2D eigenvalue weighted by Gasteiger charge is -2.28. The standard InChI is InChI=1S/C12H19N3O7/c1-6(17)20-8(7(5-16)14-15-13)9-10(11(18)19-4)22-12(2,3)21-9/h7-10,16H,5H2,1-4H3/t7-,8+,9-,10-/m0/s1. The normalized spacial score (nSPS) is 25.7. The summed E-state index contributed by atoms with van der Waals surface area (Å²) in [6, 6.07) is -1.14. The Kier molecular flexibility index (Phi) is 6.12. The van der Waals surface area contributed by atoms with E-state index >= 15 is 0 Å². The number of ether oxygens (including phenoxy) is 4. The number of nitrogens with zero attached hydrogens (tertiary/aromatic N) is 3. The van der Waals surface area contributed by atoms with Crippen LogP contribution in [0.15, 0.2) is 5.11 Å². The molecule has 4 atom stereocenters. The highest BCUT2D eigenvalue weighted by Crippen LogP contribution is 2.33. The monoisotopic (exact) mass is 317 g/mol. The first kappa shape index (κ1) is 18.2. The summed E-state index contributed by atoms with van der Waals surface area (Å²) in [5.41, 5.74) is 8.56. The maximum atomic E-state index is 11.8. The third-order valence-corrected chi connectivity index (χ3v) is 2.95. The first-order chi connectivity index (χ1) is 10.3. The fraction of sp³-hybridized carbons (Fsp3) is 0.833. The molecule has 0 aromatic heterocycles. The van der Waals surface area contributed by atoms with Crippen LogP contribution in [0.4, 0.5) is 0 Å². The van der Waals surface area contributed by atoms with E-state index in [0.29, 0.717) is 0 Å². The number of aliphatic hydroxyl groups excluding tert-OH is 1. The zero-order valence-electron chi connectivity index (χ0n) is 12.8. The molecule has 1 saturated heterocycles. The highest BCUT2D eigenvalue weighted by molar-refractivity contribution is 5.76. The van der Waals surface area contributed by atoms with E-state index in [9.17, 15) is 14.7 Å². The average molecular weight is 317 g/mol. The van der Waals surface area contributed by atoms with E-state index < -0.39 is 48.7 Å². The quantitative estimate of drug-likeness (QED) is 0.321. The van der Waals surface area contributed by atoms with E-state index in [4.69, 9.17) is 19.7 Å². The van der Waals surface area contributed by atoms with Crippen LogP contribution in [0.1, 0.15) is 20.8 Å². The largest absolute Gasteiger partial charge is 0.467 e. The Morgan fingerprint density at radius 2 is 2.09 bits per heavy atom. The van der Waals surface area contributed by atoms with Crippen LogP contribution in [0.2, 0.25) is 0 Å². The van der Waals surface area contributed by atoms with Gasteiger partial charge in [-0.25, -0.2) is 4.79 Å². The number of aliphatic hydroxyl groups is 1. The number of carbonyl (C=O) groups excluding carboxylic acids is 2. The molecule has 1 aliphatic heterocycles. The van der Waals surface area contributed by atoms with Crippen LogP contribution in [0.5, 0.6) is 0 Å². The van der Waals surface area contributed by atoms with Crippen LogP contribution in [0.25, 0.3) is 10.4 Å². The van der Waals surface area contributed by atoms with Gasteiger partial charge in [0.1, 0.15) is 18.2 Å². The highest BCUT2D eigenvalue weighted by Gasteiger charge is 2.52. The van der Waals surface area contributed by atoms with Gasteiger partial charge in [-0.05, 0) is 19.4 Å². The Bertz CT molecular complexity index is 475.